The second kappa shape index (κ2) is 9.96. The number of carbonyl (C=O) groups is 1. The number of hydrogen-bond donors (Lipinski definition) is 1. The van der Waals surface area contributed by atoms with Crippen LogP contribution in [0.25, 0.3) is 11.4 Å². The molecule has 0 radical (unpaired) electrons. The summed E-state index contributed by atoms with van der Waals surface area (Å²) in [5, 5.41) is 11.5. The van der Waals surface area contributed by atoms with Crippen molar-refractivity contribution in [3.63, 3.8) is 0 Å². The molecule has 1 aromatic heterocycles. The molecular formula is C21H22N4O6S. The Balaban J connectivity index is 2.02. The Morgan fingerprint density at radius 1 is 1.00 bits per heavy atom. The number of esters is 1. The van der Waals surface area contributed by atoms with Gasteiger partial charge in [-0.1, -0.05) is 0 Å². The molecule has 0 aliphatic heterocycles. The second-order valence-corrected chi connectivity index (χ2v) is 6.71. The summed E-state index contributed by atoms with van der Waals surface area (Å²) in [5.74, 6) is 1.94. The fourth-order valence-corrected chi connectivity index (χ4v) is 3.08. The van der Waals surface area contributed by atoms with E-state index >= 15 is 0 Å². The Labute approximate surface area is 189 Å². The van der Waals surface area contributed by atoms with Gasteiger partial charge in [-0.25, -0.2) is 5.10 Å². The third kappa shape index (κ3) is 4.72. The lowest BCUT2D eigenvalue weighted by atomic mass is 10.2. The van der Waals surface area contributed by atoms with Crippen LogP contribution < -0.4 is 23.7 Å². The zero-order chi connectivity index (χ0) is 23.3. The van der Waals surface area contributed by atoms with Crippen molar-refractivity contribution in [3.8, 4) is 40.1 Å². The van der Waals surface area contributed by atoms with E-state index in [2.05, 4.69) is 15.3 Å². The Hall–Kier alpha value is -3.86. The number of aromatic amines is 1. The van der Waals surface area contributed by atoms with Gasteiger partial charge >= 0.3 is 5.97 Å². The predicted molar refractivity (Wildman–Crippen MR) is 120 cm³/mol. The number of aromatic nitrogens is 3. The second-order valence-electron chi connectivity index (χ2n) is 6.33. The maximum absolute atomic E-state index is 11.4. The third-order valence-electron chi connectivity index (χ3n) is 4.34. The van der Waals surface area contributed by atoms with Gasteiger partial charge in [0.1, 0.15) is 0 Å². The molecule has 0 fully saturated rings. The highest BCUT2D eigenvalue weighted by Crippen LogP contribution is 2.38. The van der Waals surface area contributed by atoms with Gasteiger partial charge in [0, 0.05) is 18.1 Å². The molecule has 0 unspecified atom stereocenters. The van der Waals surface area contributed by atoms with Crippen molar-refractivity contribution >= 4 is 24.4 Å². The van der Waals surface area contributed by atoms with Gasteiger partial charge in [-0.05, 0) is 42.5 Å². The number of nitrogens with zero attached hydrogens (tertiary/aromatic N) is 3. The summed E-state index contributed by atoms with van der Waals surface area (Å²) in [6.07, 6.45) is 1.55. The summed E-state index contributed by atoms with van der Waals surface area (Å²) in [5.41, 5.74) is 1.34. The van der Waals surface area contributed by atoms with Crippen molar-refractivity contribution in [2.24, 2.45) is 5.10 Å². The number of nitrogens with one attached hydrogen (secondary N) is 1. The van der Waals surface area contributed by atoms with E-state index in [4.69, 9.17) is 35.9 Å². The van der Waals surface area contributed by atoms with Crippen molar-refractivity contribution in [1.82, 2.24) is 14.9 Å². The molecule has 0 atom stereocenters. The molecule has 1 N–H and O–H groups in total. The van der Waals surface area contributed by atoms with Crippen molar-refractivity contribution in [2.45, 2.75) is 6.92 Å². The molecule has 32 heavy (non-hydrogen) atoms. The van der Waals surface area contributed by atoms with Gasteiger partial charge in [-0.3, -0.25) is 4.79 Å². The van der Waals surface area contributed by atoms with Gasteiger partial charge < -0.3 is 23.7 Å². The Bertz CT molecular complexity index is 1190. The molecule has 2 aromatic carbocycles. The van der Waals surface area contributed by atoms with Gasteiger partial charge in [0.2, 0.25) is 10.5 Å². The highest BCUT2D eigenvalue weighted by atomic mass is 32.1. The van der Waals surface area contributed by atoms with E-state index in [9.17, 15) is 4.79 Å². The largest absolute Gasteiger partial charge is 0.493 e. The van der Waals surface area contributed by atoms with Crippen LogP contribution in [0.1, 0.15) is 12.5 Å². The molecule has 0 aliphatic carbocycles. The Morgan fingerprint density at radius 2 is 1.62 bits per heavy atom. The van der Waals surface area contributed by atoms with Crippen molar-refractivity contribution in [2.75, 3.05) is 28.4 Å². The van der Waals surface area contributed by atoms with Gasteiger partial charge in [-0.2, -0.15) is 14.9 Å². The summed E-state index contributed by atoms with van der Waals surface area (Å²) >= 11 is 5.33. The van der Waals surface area contributed by atoms with E-state index in [1.54, 1.807) is 44.7 Å². The van der Waals surface area contributed by atoms with Crippen LogP contribution in [-0.2, 0) is 4.79 Å². The first-order chi connectivity index (χ1) is 15.4. The number of hydrogen-bond acceptors (Lipinski definition) is 9. The van der Waals surface area contributed by atoms with Gasteiger partial charge in [-0.15, -0.1) is 0 Å². The average molecular weight is 458 g/mol. The van der Waals surface area contributed by atoms with E-state index in [0.29, 0.717) is 44.7 Å². The first-order valence-corrected chi connectivity index (χ1v) is 9.71. The summed E-state index contributed by atoms with van der Waals surface area (Å²) in [4.78, 5) is 11.4. The zero-order valence-electron chi connectivity index (χ0n) is 18.2. The number of H-pyrrole nitrogens is 1. The molecule has 11 heteroatoms. The quantitative estimate of drug-likeness (QED) is 0.237. The molecule has 0 bridgehead atoms. The first-order valence-electron chi connectivity index (χ1n) is 9.30. The maximum Gasteiger partial charge on any atom is 0.308 e. The number of ether oxygens (including phenoxy) is 5. The minimum absolute atomic E-state index is 0.186. The highest BCUT2D eigenvalue weighted by molar-refractivity contribution is 7.71. The molecule has 10 nitrogen and oxygen atoms in total. The average Bonchev–Trinajstić information content (AvgIpc) is 3.17. The summed E-state index contributed by atoms with van der Waals surface area (Å²) < 4.78 is 28.3. The van der Waals surface area contributed by atoms with E-state index in [1.807, 2.05) is 6.07 Å². The van der Waals surface area contributed by atoms with Crippen LogP contribution >= 0.6 is 12.2 Å². The molecule has 0 aliphatic rings. The molecule has 1 heterocycles. The first kappa shape index (κ1) is 22.8. The topological polar surface area (TPSA) is 109 Å². The van der Waals surface area contributed by atoms with Crippen molar-refractivity contribution in [1.29, 1.82) is 0 Å². The lowest BCUT2D eigenvalue weighted by Crippen LogP contribution is -2.05. The number of rotatable bonds is 8. The summed E-state index contributed by atoms with van der Waals surface area (Å²) in [7, 11) is 6.04. The van der Waals surface area contributed by atoms with Crippen LogP contribution in [0.3, 0.4) is 0 Å². The Kier molecular flexibility index (Phi) is 7.11. The molecule has 168 valence electrons. The summed E-state index contributed by atoms with van der Waals surface area (Å²) in [6, 6.07) is 8.67. The van der Waals surface area contributed by atoms with E-state index < -0.39 is 5.97 Å². The summed E-state index contributed by atoms with van der Waals surface area (Å²) in [6.45, 7) is 1.30. The molecule has 3 rings (SSSR count). The third-order valence-corrected chi connectivity index (χ3v) is 4.61. The molecule has 0 saturated carbocycles. The lowest BCUT2D eigenvalue weighted by molar-refractivity contribution is -0.132. The van der Waals surface area contributed by atoms with Gasteiger partial charge in [0.15, 0.2) is 28.8 Å². The van der Waals surface area contributed by atoms with Crippen LogP contribution in [0.2, 0.25) is 0 Å². The molecule has 0 amide bonds. The van der Waals surface area contributed by atoms with Gasteiger partial charge in [0.05, 0.1) is 34.7 Å². The molecule has 0 spiro atoms. The number of methoxy groups -OCH3 is 4. The number of benzene rings is 2. The predicted octanol–water partition coefficient (Wildman–Crippen LogP) is 3.45. The lowest BCUT2D eigenvalue weighted by Gasteiger charge is -2.13. The fourth-order valence-electron chi connectivity index (χ4n) is 2.90. The standard InChI is InChI=1S/C21H22N4O6S/c1-12(26)31-19-17(29-4)8-13(9-18(19)30-5)11-22-25-20(23-24-21(25)32)14-6-7-15(27-2)16(10-14)28-3/h6-11H,1-5H3,(H,24,32)/b22-11+. The minimum Gasteiger partial charge on any atom is -0.493 e. The zero-order valence-corrected chi connectivity index (χ0v) is 19.0. The molecule has 3 aromatic rings. The normalized spacial score (nSPS) is 10.8. The van der Waals surface area contributed by atoms with Crippen LogP contribution in [0.4, 0.5) is 0 Å². The van der Waals surface area contributed by atoms with Crippen molar-refractivity contribution in [3.05, 3.63) is 40.7 Å². The minimum atomic E-state index is -0.493. The SMILES string of the molecule is COc1ccc(-c2n[nH]c(=S)n2/N=C/c2cc(OC)c(OC(C)=O)c(OC)c2)cc1OC. The maximum atomic E-state index is 11.4. The van der Waals surface area contributed by atoms with E-state index in [0.717, 1.165) is 0 Å². The molecule has 0 saturated heterocycles. The fraction of sp³-hybridized carbons (Fsp3) is 0.238. The monoisotopic (exact) mass is 458 g/mol. The van der Waals surface area contributed by atoms with E-state index in [1.165, 1.54) is 25.8 Å². The van der Waals surface area contributed by atoms with Crippen LogP contribution in [0.15, 0.2) is 35.4 Å². The molecular weight excluding hydrogens is 436 g/mol. The smallest absolute Gasteiger partial charge is 0.308 e. The van der Waals surface area contributed by atoms with Crippen LogP contribution in [0.5, 0.6) is 28.7 Å². The van der Waals surface area contributed by atoms with Crippen LogP contribution in [0, 0.1) is 4.77 Å². The van der Waals surface area contributed by atoms with Crippen LogP contribution in [-0.4, -0.2) is 55.5 Å². The van der Waals surface area contributed by atoms with Gasteiger partial charge in [0.25, 0.3) is 0 Å². The highest BCUT2D eigenvalue weighted by Gasteiger charge is 2.16. The Morgan fingerprint density at radius 3 is 2.19 bits per heavy atom. The van der Waals surface area contributed by atoms with Crippen molar-refractivity contribution < 1.29 is 28.5 Å². The van der Waals surface area contributed by atoms with E-state index in [-0.39, 0.29) is 5.75 Å². The number of carbonyl (C=O) groups excluding carboxylic acids is 1.